The Morgan fingerprint density at radius 2 is 1.67 bits per heavy atom. The number of nitrogens with zero attached hydrogens (tertiary/aromatic N) is 3. The summed E-state index contributed by atoms with van der Waals surface area (Å²) in [5.41, 5.74) is 0.151. The number of nitro groups is 1. The zero-order valence-electron chi connectivity index (χ0n) is 12.7. The highest BCUT2D eigenvalue weighted by Gasteiger charge is 2.56. The minimum Gasteiger partial charge on any atom is -0.272 e. The van der Waals surface area contributed by atoms with E-state index in [2.05, 4.69) is 5.10 Å². The van der Waals surface area contributed by atoms with Gasteiger partial charge in [0.25, 0.3) is 17.5 Å². The van der Waals surface area contributed by atoms with Gasteiger partial charge in [0.15, 0.2) is 0 Å². The number of nitro benzene ring substituents is 1. The molecule has 4 aliphatic rings. The van der Waals surface area contributed by atoms with Gasteiger partial charge in [-0.25, -0.2) is 0 Å². The molecule has 7 nitrogen and oxygen atoms in total. The maximum Gasteiger partial charge on any atom is 0.278 e. The molecule has 7 heteroatoms. The van der Waals surface area contributed by atoms with Crippen LogP contribution in [0.3, 0.4) is 0 Å². The Bertz CT molecular complexity index is 769. The molecule has 0 unspecified atom stereocenters. The number of para-hydroxylation sites is 1. The average Bonchev–Trinajstić information content (AvgIpc) is 2.87. The second-order valence-corrected chi connectivity index (χ2v) is 6.39. The highest BCUT2D eigenvalue weighted by atomic mass is 16.6. The molecular weight excluding hydrogens is 310 g/mol. The number of allylic oxidation sites excluding steroid dienone is 2. The summed E-state index contributed by atoms with van der Waals surface area (Å²) in [6, 6.07) is 6.09. The van der Waals surface area contributed by atoms with Crippen LogP contribution >= 0.6 is 0 Å². The molecule has 2 amide bonds. The third-order valence-electron chi connectivity index (χ3n) is 5.18. The third-order valence-corrected chi connectivity index (χ3v) is 5.18. The Balaban J connectivity index is 1.64. The van der Waals surface area contributed by atoms with Gasteiger partial charge in [0.2, 0.25) is 0 Å². The Labute approximate surface area is 137 Å². The molecule has 1 saturated carbocycles. The van der Waals surface area contributed by atoms with Crippen molar-refractivity contribution in [2.75, 3.05) is 0 Å². The second kappa shape index (κ2) is 5.36. The predicted molar refractivity (Wildman–Crippen MR) is 84.9 cm³/mol. The summed E-state index contributed by atoms with van der Waals surface area (Å²) in [5.74, 6) is -1.04. The first-order valence-electron chi connectivity index (χ1n) is 7.91. The maximum absolute atomic E-state index is 12.6. The summed E-state index contributed by atoms with van der Waals surface area (Å²) in [4.78, 5) is 35.7. The second-order valence-electron chi connectivity index (χ2n) is 6.39. The van der Waals surface area contributed by atoms with Crippen LogP contribution in [0.15, 0.2) is 41.5 Å². The molecule has 122 valence electrons. The van der Waals surface area contributed by atoms with Crippen molar-refractivity contribution in [3.8, 4) is 0 Å². The molecule has 1 aliphatic heterocycles. The average molecular weight is 325 g/mol. The van der Waals surface area contributed by atoms with E-state index in [4.69, 9.17) is 0 Å². The fourth-order valence-corrected chi connectivity index (χ4v) is 4.06. The number of benzene rings is 1. The molecule has 1 aromatic rings. The summed E-state index contributed by atoms with van der Waals surface area (Å²) >= 11 is 0. The van der Waals surface area contributed by atoms with Crippen LogP contribution in [-0.4, -0.2) is 28.0 Å². The molecule has 0 aromatic heterocycles. The van der Waals surface area contributed by atoms with E-state index in [1.165, 1.54) is 18.3 Å². The maximum atomic E-state index is 12.6. The molecule has 0 radical (unpaired) electrons. The molecule has 1 heterocycles. The highest BCUT2D eigenvalue weighted by Crippen LogP contribution is 2.49. The standard InChI is InChI=1S/C17H15N3O4/c21-16-14-10-5-6-11(8-7-10)15(14)17(22)19(16)18-9-12-3-1-2-4-13(12)20(23)24/h1-6,9-11,14-15H,7-8H2/b18-9-/t10-,11-,14+,15+/m0/s1. The van der Waals surface area contributed by atoms with Gasteiger partial charge in [-0.1, -0.05) is 24.3 Å². The molecule has 0 N–H and O–H groups in total. The number of imide groups is 1. The van der Waals surface area contributed by atoms with Crippen molar-refractivity contribution in [1.29, 1.82) is 0 Å². The van der Waals surface area contributed by atoms with E-state index in [1.807, 2.05) is 12.2 Å². The number of amides is 2. The molecule has 24 heavy (non-hydrogen) atoms. The van der Waals surface area contributed by atoms with Crippen LogP contribution in [-0.2, 0) is 9.59 Å². The topological polar surface area (TPSA) is 92.9 Å². The lowest BCUT2D eigenvalue weighted by Crippen LogP contribution is -2.38. The summed E-state index contributed by atoms with van der Waals surface area (Å²) in [5, 5.41) is 15.9. The van der Waals surface area contributed by atoms with Gasteiger partial charge >= 0.3 is 0 Å². The fourth-order valence-electron chi connectivity index (χ4n) is 4.06. The first-order valence-corrected chi connectivity index (χ1v) is 7.91. The van der Waals surface area contributed by atoms with E-state index in [0.717, 1.165) is 17.9 Å². The fraction of sp³-hybridized carbons (Fsp3) is 0.353. The Hall–Kier alpha value is -2.83. The van der Waals surface area contributed by atoms with E-state index in [-0.39, 0.29) is 46.7 Å². The zero-order valence-corrected chi connectivity index (χ0v) is 12.7. The lowest BCUT2D eigenvalue weighted by Gasteiger charge is -2.37. The van der Waals surface area contributed by atoms with Crippen LogP contribution in [0.2, 0.25) is 0 Å². The number of hydrazone groups is 1. The van der Waals surface area contributed by atoms with Gasteiger partial charge < -0.3 is 0 Å². The summed E-state index contributed by atoms with van der Waals surface area (Å²) < 4.78 is 0. The van der Waals surface area contributed by atoms with E-state index in [0.29, 0.717) is 0 Å². The van der Waals surface area contributed by atoms with E-state index in [9.17, 15) is 19.7 Å². The molecule has 5 rings (SSSR count). The molecule has 2 fully saturated rings. The van der Waals surface area contributed by atoms with Crippen LogP contribution in [0.25, 0.3) is 0 Å². The lowest BCUT2D eigenvalue weighted by atomic mass is 9.63. The first-order chi connectivity index (χ1) is 11.6. The quantitative estimate of drug-likeness (QED) is 0.280. The van der Waals surface area contributed by atoms with Gasteiger partial charge in [-0.15, -0.1) is 0 Å². The number of carbonyl (C=O) groups excluding carboxylic acids is 2. The SMILES string of the molecule is O=C1[C@H]2[C@H](C(=O)N1/N=C\c1ccccc1[N+](=O)[O-])[C@H]1C=C[C@H]2CC1. The molecule has 3 aliphatic carbocycles. The molecule has 4 atom stereocenters. The van der Waals surface area contributed by atoms with Crippen molar-refractivity contribution in [3.63, 3.8) is 0 Å². The smallest absolute Gasteiger partial charge is 0.272 e. The van der Waals surface area contributed by atoms with Gasteiger partial charge in [0.1, 0.15) is 0 Å². The van der Waals surface area contributed by atoms with E-state index in [1.54, 1.807) is 12.1 Å². The molecular formula is C17H15N3O4. The number of rotatable bonds is 3. The largest absolute Gasteiger partial charge is 0.278 e. The molecule has 2 bridgehead atoms. The predicted octanol–water partition coefficient (Wildman–Crippen LogP) is 2.13. The monoisotopic (exact) mass is 325 g/mol. The minimum absolute atomic E-state index is 0.0997. The summed E-state index contributed by atoms with van der Waals surface area (Å²) in [6.45, 7) is 0. The van der Waals surface area contributed by atoms with Gasteiger partial charge in [0, 0.05) is 6.07 Å². The zero-order chi connectivity index (χ0) is 16.8. The number of hydrogen-bond acceptors (Lipinski definition) is 5. The van der Waals surface area contributed by atoms with Crippen molar-refractivity contribution in [1.82, 2.24) is 5.01 Å². The van der Waals surface area contributed by atoms with Gasteiger partial charge in [-0.2, -0.15) is 10.1 Å². The molecule has 0 spiro atoms. The normalized spacial score (nSPS) is 31.1. The van der Waals surface area contributed by atoms with Crippen LogP contribution < -0.4 is 0 Å². The van der Waals surface area contributed by atoms with E-state index >= 15 is 0 Å². The summed E-state index contributed by atoms with van der Waals surface area (Å²) in [7, 11) is 0. The number of carbonyl (C=O) groups is 2. The van der Waals surface area contributed by atoms with Gasteiger partial charge in [-0.3, -0.25) is 19.7 Å². The minimum atomic E-state index is -0.515. The van der Waals surface area contributed by atoms with Crippen LogP contribution in [0, 0.1) is 33.8 Å². The first kappa shape index (κ1) is 14.7. The Morgan fingerprint density at radius 1 is 1.08 bits per heavy atom. The Kier molecular flexibility index (Phi) is 3.30. The molecule has 1 aromatic carbocycles. The van der Waals surface area contributed by atoms with Crippen molar-refractivity contribution >= 4 is 23.7 Å². The number of fused-ring (bicyclic) bond motifs is 1. The third kappa shape index (κ3) is 2.08. The van der Waals surface area contributed by atoms with Crippen molar-refractivity contribution in [2.45, 2.75) is 12.8 Å². The van der Waals surface area contributed by atoms with Gasteiger partial charge in [0.05, 0.1) is 28.5 Å². The molecule has 1 saturated heterocycles. The van der Waals surface area contributed by atoms with Crippen molar-refractivity contribution in [3.05, 3.63) is 52.1 Å². The Morgan fingerprint density at radius 3 is 2.21 bits per heavy atom. The van der Waals surface area contributed by atoms with Gasteiger partial charge in [-0.05, 0) is 30.7 Å². The van der Waals surface area contributed by atoms with Crippen molar-refractivity contribution in [2.24, 2.45) is 28.8 Å². The number of hydrogen-bond donors (Lipinski definition) is 0. The lowest BCUT2D eigenvalue weighted by molar-refractivity contribution is -0.385. The highest BCUT2D eigenvalue weighted by molar-refractivity contribution is 6.06. The van der Waals surface area contributed by atoms with Crippen LogP contribution in [0.1, 0.15) is 18.4 Å². The van der Waals surface area contributed by atoms with Crippen LogP contribution in [0.5, 0.6) is 0 Å². The van der Waals surface area contributed by atoms with E-state index < -0.39 is 4.92 Å². The summed E-state index contributed by atoms with van der Waals surface area (Å²) in [6.07, 6.45) is 7.14. The van der Waals surface area contributed by atoms with Crippen molar-refractivity contribution < 1.29 is 14.5 Å². The van der Waals surface area contributed by atoms with Crippen LogP contribution in [0.4, 0.5) is 5.69 Å².